The lowest BCUT2D eigenvalue weighted by molar-refractivity contribution is -0.118. The summed E-state index contributed by atoms with van der Waals surface area (Å²) in [5, 5.41) is 0.658. The molecule has 6 heteroatoms. The van der Waals surface area contributed by atoms with Crippen LogP contribution in [0.25, 0.3) is 10.2 Å². The minimum atomic E-state index is -0.00234. The Balaban J connectivity index is 1.71. The second kappa shape index (κ2) is 8.41. The lowest BCUT2D eigenvalue weighted by atomic mass is 10.1. The van der Waals surface area contributed by atoms with Crippen molar-refractivity contribution in [2.45, 2.75) is 19.9 Å². The van der Waals surface area contributed by atoms with Crippen LogP contribution in [0.3, 0.4) is 0 Å². The van der Waals surface area contributed by atoms with Crippen LogP contribution in [0, 0.1) is 6.92 Å². The number of rotatable bonds is 6. The molecule has 0 bridgehead atoms. The Labute approximate surface area is 173 Å². The van der Waals surface area contributed by atoms with E-state index in [1.165, 1.54) is 11.3 Å². The number of pyridine rings is 1. The molecule has 29 heavy (non-hydrogen) atoms. The lowest BCUT2D eigenvalue weighted by Crippen LogP contribution is -2.31. The van der Waals surface area contributed by atoms with Gasteiger partial charge in [-0.3, -0.25) is 14.7 Å². The topological polar surface area (TPSA) is 55.3 Å². The van der Waals surface area contributed by atoms with Crippen LogP contribution in [-0.4, -0.2) is 23.0 Å². The number of hydrogen-bond donors (Lipinski definition) is 0. The molecule has 146 valence electrons. The van der Waals surface area contributed by atoms with E-state index in [1.807, 2.05) is 61.5 Å². The summed E-state index contributed by atoms with van der Waals surface area (Å²) >= 11 is 1.49. The number of aromatic nitrogens is 2. The fourth-order valence-electron chi connectivity index (χ4n) is 3.22. The SMILES string of the molecule is COc1cccc2sc(N(Cc3cccnc3)C(=O)Cc3cccc(C)c3)nc12. The predicted molar refractivity (Wildman–Crippen MR) is 116 cm³/mol. The number of ether oxygens (including phenoxy) is 1. The normalized spacial score (nSPS) is 10.8. The smallest absolute Gasteiger partial charge is 0.233 e. The van der Waals surface area contributed by atoms with Gasteiger partial charge in [0.25, 0.3) is 0 Å². The number of amides is 1. The number of carbonyl (C=O) groups excluding carboxylic acids is 1. The van der Waals surface area contributed by atoms with Crippen LogP contribution in [0.2, 0.25) is 0 Å². The number of methoxy groups -OCH3 is 1. The fraction of sp³-hybridized carbons (Fsp3) is 0.174. The molecule has 0 spiro atoms. The van der Waals surface area contributed by atoms with Crippen molar-refractivity contribution in [1.82, 2.24) is 9.97 Å². The first-order valence-corrected chi connectivity index (χ1v) is 10.1. The number of aryl methyl sites for hydroxylation is 1. The Morgan fingerprint density at radius 2 is 1.93 bits per heavy atom. The molecule has 0 N–H and O–H groups in total. The molecule has 0 atom stereocenters. The van der Waals surface area contributed by atoms with Crippen LogP contribution in [0.4, 0.5) is 5.13 Å². The van der Waals surface area contributed by atoms with Crippen molar-refractivity contribution in [3.05, 3.63) is 83.7 Å². The van der Waals surface area contributed by atoms with Crippen molar-refractivity contribution in [2.75, 3.05) is 12.0 Å². The van der Waals surface area contributed by atoms with Gasteiger partial charge in [0, 0.05) is 12.4 Å². The molecule has 0 saturated heterocycles. The Morgan fingerprint density at radius 3 is 2.69 bits per heavy atom. The Morgan fingerprint density at radius 1 is 1.10 bits per heavy atom. The number of carbonyl (C=O) groups is 1. The zero-order valence-electron chi connectivity index (χ0n) is 16.3. The van der Waals surface area contributed by atoms with Crippen LogP contribution < -0.4 is 9.64 Å². The second-order valence-corrected chi connectivity index (χ2v) is 7.82. The first-order valence-electron chi connectivity index (χ1n) is 9.32. The zero-order chi connectivity index (χ0) is 20.2. The number of fused-ring (bicyclic) bond motifs is 1. The molecule has 0 fully saturated rings. The maximum absolute atomic E-state index is 13.3. The van der Waals surface area contributed by atoms with E-state index in [4.69, 9.17) is 9.72 Å². The number of hydrogen-bond acceptors (Lipinski definition) is 5. The van der Waals surface area contributed by atoms with Crippen LogP contribution in [0.1, 0.15) is 16.7 Å². The van der Waals surface area contributed by atoms with Gasteiger partial charge in [-0.1, -0.05) is 53.3 Å². The Bertz CT molecular complexity index is 1140. The molecule has 2 aromatic heterocycles. The van der Waals surface area contributed by atoms with Crippen LogP contribution in [0.5, 0.6) is 5.75 Å². The van der Waals surface area contributed by atoms with E-state index >= 15 is 0 Å². The maximum Gasteiger partial charge on any atom is 0.233 e. The Hall–Kier alpha value is -3.25. The highest BCUT2D eigenvalue weighted by Gasteiger charge is 2.21. The van der Waals surface area contributed by atoms with E-state index in [0.717, 1.165) is 26.9 Å². The summed E-state index contributed by atoms with van der Waals surface area (Å²) in [6.07, 6.45) is 3.82. The monoisotopic (exact) mass is 403 g/mol. The minimum Gasteiger partial charge on any atom is -0.494 e. The second-order valence-electron chi connectivity index (χ2n) is 6.81. The maximum atomic E-state index is 13.3. The lowest BCUT2D eigenvalue weighted by Gasteiger charge is -2.20. The van der Waals surface area contributed by atoms with Gasteiger partial charge in [0.2, 0.25) is 5.91 Å². The average Bonchev–Trinajstić information content (AvgIpc) is 3.16. The standard InChI is InChI=1S/C23H21N3O2S/c1-16-6-3-7-17(12-16)13-21(27)26(15-18-8-5-11-24-14-18)23-25-22-19(28-2)9-4-10-20(22)29-23/h3-12,14H,13,15H2,1-2H3. The number of anilines is 1. The van der Waals surface area contributed by atoms with E-state index in [2.05, 4.69) is 4.98 Å². The predicted octanol–water partition coefficient (Wildman–Crippen LogP) is 4.78. The van der Waals surface area contributed by atoms with Crippen LogP contribution in [-0.2, 0) is 17.8 Å². The molecule has 0 aliphatic heterocycles. The third-order valence-electron chi connectivity index (χ3n) is 4.62. The number of benzene rings is 2. The summed E-state index contributed by atoms with van der Waals surface area (Å²) < 4.78 is 6.42. The van der Waals surface area contributed by atoms with Gasteiger partial charge in [-0.15, -0.1) is 0 Å². The van der Waals surface area contributed by atoms with E-state index in [-0.39, 0.29) is 5.91 Å². The van der Waals surface area contributed by atoms with E-state index < -0.39 is 0 Å². The van der Waals surface area contributed by atoms with Crippen LogP contribution in [0.15, 0.2) is 67.0 Å². The van der Waals surface area contributed by atoms with Crippen molar-refractivity contribution >= 4 is 32.6 Å². The molecular formula is C23H21N3O2S. The minimum absolute atomic E-state index is 0.00234. The molecule has 2 aromatic carbocycles. The van der Waals surface area contributed by atoms with Gasteiger partial charge in [-0.05, 0) is 36.2 Å². The number of para-hydroxylation sites is 1. The summed E-state index contributed by atoms with van der Waals surface area (Å²) in [6, 6.07) is 17.7. The summed E-state index contributed by atoms with van der Waals surface area (Å²) in [4.78, 5) is 24.0. The van der Waals surface area contributed by atoms with Gasteiger partial charge in [0.15, 0.2) is 5.13 Å². The quantitative estimate of drug-likeness (QED) is 0.465. The highest BCUT2D eigenvalue weighted by atomic mass is 32.1. The van der Waals surface area contributed by atoms with Gasteiger partial charge in [-0.25, -0.2) is 4.98 Å². The van der Waals surface area contributed by atoms with E-state index in [0.29, 0.717) is 23.8 Å². The van der Waals surface area contributed by atoms with E-state index in [9.17, 15) is 4.79 Å². The third-order valence-corrected chi connectivity index (χ3v) is 5.67. The fourth-order valence-corrected chi connectivity index (χ4v) is 4.22. The van der Waals surface area contributed by atoms with Crippen LogP contribution >= 0.6 is 11.3 Å². The first kappa shape index (κ1) is 19.1. The van der Waals surface area contributed by atoms with Gasteiger partial charge in [0.05, 0.1) is 24.8 Å². The van der Waals surface area contributed by atoms with Gasteiger partial charge in [0.1, 0.15) is 11.3 Å². The molecule has 0 radical (unpaired) electrons. The molecule has 0 saturated carbocycles. The molecule has 0 unspecified atom stereocenters. The summed E-state index contributed by atoms with van der Waals surface area (Å²) in [5.41, 5.74) is 3.86. The van der Waals surface area contributed by atoms with Gasteiger partial charge >= 0.3 is 0 Å². The number of nitrogens with zero attached hydrogens (tertiary/aromatic N) is 3. The van der Waals surface area contributed by atoms with Gasteiger partial charge < -0.3 is 4.74 Å². The average molecular weight is 404 g/mol. The van der Waals surface area contributed by atoms with Crippen molar-refractivity contribution in [3.63, 3.8) is 0 Å². The van der Waals surface area contributed by atoms with Gasteiger partial charge in [-0.2, -0.15) is 0 Å². The largest absolute Gasteiger partial charge is 0.494 e. The molecule has 0 aliphatic carbocycles. The van der Waals surface area contributed by atoms with Crippen molar-refractivity contribution in [2.24, 2.45) is 0 Å². The molecule has 5 nitrogen and oxygen atoms in total. The van der Waals surface area contributed by atoms with E-state index in [1.54, 1.807) is 24.4 Å². The Kier molecular flexibility index (Phi) is 5.53. The highest BCUT2D eigenvalue weighted by Crippen LogP contribution is 2.34. The molecule has 2 heterocycles. The molecule has 4 rings (SSSR count). The molecule has 4 aromatic rings. The van der Waals surface area contributed by atoms with Crippen molar-refractivity contribution in [1.29, 1.82) is 0 Å². The molecule has 1 amide bonds. The third kappa shape index (κ3) is 4.27. The highest BCUT2D eigenvalue weighted by molar-refractivity contribution is 7.22. The first-order chi connectivity index (χ1) is 14.1. The zero-order valence-corrected chi connectivity index (χ0v) is 17.1. The van der Waals surface area contributed by atoms with Crippen molar-refractivity contribution < 1.29 is 9.53 Å². The molecule has 0 aliphatic rings. The van der Waals surface area contributed by atoms with Crippen molar-refractivity contribution in [3.8, 4) is 5.75 Å². The summed E-state index contributed by atoms with van der Waals surface area (Å²) in [7, 11) is 1.63. The number of thiazole rings is 1. The summed E-state index contributed by atoms with van der Waals surface area (Å²) in [6.45, 7) is 2.45. The summed E-state index contributed by atoms with van der Waals surface area (Å²) in [5.74, 6) is 0.704. The molecular weight excluding hydrogens is 382 g/mol.